The van der Waals surface area contributed by atoms with Crippen LogP contribution in [-0.4, -0.2) is 46.0 Å². The minimum absolute atomic E-state index is 0.0516. The van der Waals surface area contributed by atoms with E-state index in [4.69, 9.17) is 14.2 Å². The SMILES string of the molecule is CCC(C)(C)c1ccc(Oc2ccc(N3C(=O)c4ccc(C(=O)Oc5ccc(OC(=O)c6ccc7c(c6)C(=O)N(C(C)(CC)CC)C7=O)cc5)cc4C3=O)cc2)cc1. The highest BCUT2D eigenvalue weighted by atomic mass is 16.5. The summed E-state index contributed by atoms with van der Waals surface area (Å²) in [6.07, 6.45) is 2.18. The molecule has 0 fully saturated rings. The molecule has 0 atom stereocenters. The molecule has 0 unspecified atom stereocenters. The van der Waals surface area contributed by atoms with Crippen molar-refractivity contribution in [3.63, 3.8) is 0 Å². The molecule has 0 aliphatic carbocycles. The topological polar surface area (TPSA) is 137 Å². The van der Waals surface area contributed by atoms with Crippen molar-refractivity contribution in [2.24, 2.45) is 0 Å². The van der Waals surface area contributed by atoms with E-state index in [0.29, 0.717) is 30.0 Å². The van der Waals surface area contributed by atoms with E-state index in [1.165, 1.54) is 71.1 Å². The van der Waals surface area contributed by atoms with E-state index >= 15 is 0 Å². The number of nitrogens with zero attached hydrogens (tertiary/aromatic N) is 2. The summed E-state index contributed by atoms with van der Waals surface area (Å²) < 4.78 is 17.0. The molecule has 0 spiro atoms. The molecule has 5 aromatic rings. The van der Waals surface area contributed by atoms with Gasteiger partial charge in [-0.25, -0.2) is 14.5 Å². The van der Waals surface area contributed by atoms with Crippen LogP contribution in [0.5, 0.6) is 23.0 Å². The van der Waals surface area contributed by atoms with E-state index in [0.717, 1.165) is 11.3 Å². The molecule has 7 rings (SSSR count). The third kappa shape index (κ3) is 7.15. The van der Waals surface area contributed by atoms with Crippen LogP contribution in [0.4, 0.5) is 5.69 Å². The molecule has 0 aromatic heterocycles. The number of amides is 4. The van der Waals surface area contributed by atoms with Gasteiger partial charge in [0.05, 0.1) is 39.1 Å². The smallest absolute Gasteiger partial charge is 0.343 e. The lowest BCUT2D eigenvalue weighted by atomic mass is 9.82. The number of rotatable bonds is 12. The van der Waals surface area contributed by atoms with E-state index in [1.54, 1.807) is 24.3 Å². The normalized spacial score (nSPS) is 13.8. The molecule has 0 saturated carbocycles. The number of carbonyl (C=O) groups is 6. The summed E-state index contributed by atoms with van der Waals surface area (Å²) in [5, 5.41) is 0. The lowest BCUT2D eigenvalue weighted by Crippen LogP contribution is -2.48. The van der Waals surface area contributed by atoms with Crippen LogP contribution in [0.3, 0.4) is 0 Å². The average Bonchev–Trinajstić information content (AvgIpc) is 3.64. The number of ether oxygens (including phenoxy) is 3. The van der Waals surface area contributed by atoms with Gasteiger partial charge < -0.3 is 14.2 Å². The third-order valence-corrected chi connectivity index (χ3v) is 11.4. The lowest BCUT2D eigenvalue weighted by molar-refractivity contribution is 0.0433. The van der Waals surface area contributed by atoms with Gasteiger partial charge in [-0.3, -0.25) is 24.1 Å². The highest BCUT2D eigenvalue weighted by molar-refractivity contribution is 6.34. The molecule has 294 valence electrons. The van der Waals surface area contributed by atoms with Gasteiger partial charge in [0.2, 0.25) is 0 Å². The van der Waals surface area contributed by atoms with Crippen LogP contribution in [0, 0.1) is 0 Å². The maximum Gasteiger partial charge on any atom is 0.343 e. The van der Waals surface area contributed by atoms with Crippen LogP contribution in [0.25, 0.3) is 0 Å². The summed E-state index contributed by atoms with van der Waals surface area (Å²) >= 11 is 0. The number of imide groups is 2. The Hall–Kier alpha value is -6.88. The van der Waals surface area contributed by atoms with Gasteiger partial charge >= 0.3 is 11.9 Å². The summed E-state index contributed by atoms with van der Waals surface area (Å²) in [5.74, 6) is -1.99. The highest BCUT2D eigenvalue weighted by Crippen LogP contribution is 2.35. The Labute approximate surface area is 336 Å². The molecule has 58 heavy (non-hydrogen) atoms. The number of anilines is 1. The van der Waals surface area contributed by atoms with Crippen molar-refractivity contribution < 1.29 is 43.0 Å². The fraction of sp³-hybridized carbons (Fsp3) is 0.234. The molecule has 0 radical (unpaired) electrons. The second kappa shape index (κ2) is 15.2. The van der Waals surface area contributed by atoms with Crippen LogP contribution in [0.15, 0.2) is 109 Å². The highest BCUT2D eigenvalue weighted by Gasteiger charge is 2.45. The molecule has 4 amide bonds. The predicted octanol–water partition coefficient (Wildman–Crippen LogP) is 9.58. The van der Waals surface area contributed by atoms with Crippen LogP contribution < -0.4 is 19.1 Å². The Kier molecular flexibility index (Phi) is 10.3. The standard InChI is InChI=1S/C47H42N2O9/c1-7-46(4,5)30-12-16-32(17-13-30)56-33-18-14-31(15-19-33)48-40(50)36-24-10-28(26-38(36)41(48)51)44(54)57-34-20-22-35(23-21-34)58-45(55)29-11-25-37-39(27-29)43(53)49(42(37)52)47(6,8-2)9-3/h10-27H,7-9H2,1-6H3. The van der Waals surface area contributed by atoms with Gasteiger partial charge in [-0.1, -0.05) is 46.8 Å². The van der Waals surface area contributed by atoms with Gasteiger partial charge in [0.15, 0.2) is 0 Å². The van der Waals surface area contributed by atoms with Crippen molar-refractivity contribution in [2.45, 2.75) is 71.8 Å². The Morgan fingerprint density at radius 3 is 1.40 bits per heavy atom. The number of benzene rings is 5. The zero-order chi connectivity index (χ0) is 41.5. The summed E-state index contributed by atoms with van der Waals surface area (Å²) in [4.78, 5) is 81.7. The Morgan fingerprint density at radius 2 is 0.914 bits per heavy atom. The largest absolute Gasteiger partial charge is 0.457 e. The fourth-order valence-electron chi connectivity index (χ4n) is 6.91. The van der Waals surface area contributed by atoms with Gasteiger partial charge in [-0.2, -0.15) is 0 Å². The zero-order valence-corrected chi connectivity index (χ0v) is 33.1. The second-order valence-corrected chi connectivity index (χ2v) is 15.2. The van der Waals surface area contributed by atoms with Gasteiger partial charge in [0.25, 0.3) is 23.6 Å². The first-order valence-corrected chi connectivity index (χ1v) is 19.2. The molecule has 11 nitrogen and oxygen atoms in total. The number of esters is 2. The molecule has 0 saturated heterocycles. The number of hydrogen-bond acceptors (Lipinski definition) is 9. The Balaban J connectivity index is 0.972. The molecule has 11 heteroatoms. The third-order valence-electron chi connectivity index (χ3n) is 11.4. The predicted molar refractivity (Wildman–Crippen MR) is 216 cm³/mol. The molecule has 2 aliphatic heterocycles. The molecular weight excluding hydrogens is 737 g/mol. The van der Waals surface area contributed by atoms with Crippen molar-refractivity contribution in [3.05, 3.63) is 148 Å². The van der Waals surface area contributed by atoms with Gasteiger partial charge in [-0.05, 0) is 134 Å². The Bertz CT molecular complexity index is 2480. The number of fused-ring (bicyclic) bond motifs is 2. The molecule has 5 aromatic carbocycles. The monoisotopic (exact) mass is 778 g/mol. The van der Waals surface area contributed by atoms with Crippen molar-refractivity contribution in [3.8, 4) is 23.0 Å². The fourth-order valence-corrected chi connectivity index (χ4v) is 6.91. The molecule has 2 aliphatic rings. The minimum atomic E-state index is -0.771. The summed E-state index contributed by atoms with van der Waals surface area (Å²) in [6.45, 7) is 12.2. The van der Waals surface area contributed by atoms with E-state index in [-0.39, 0.29) is 56.2 Å². The van der Waals surface area contributed by atoms with Gasteiger partial charge in [0, 0.05) is 5.54 Å². The second-order valence-electron chi connectivity index (χ2n) is 15.2. The van der Waals surface area contributed by atoms with Crippen LogP contribution in [0.1, 0.15) is 129 Å². The minimum Gasteiger partial charge on any atom is -0.457 e. The Morgan fingerprint density at radius 1 is 0.500 bits per heavy atom. The summed E-state index contributed by atoms with van der Waals surface area (Å²) in [7, 11) is 0. The quantitative estimate of drug-likeness (QED) is 0.0689. The molecular formula is C47H42N2O9. The van der Waals surface area contributed by atoms with E-state index < -0.39 is 35.2 Å². The number of hydrogen-bond donors (Lipinski definition) is 0. The first-order valence-electron chi connectivity index (χ1n) is 19.2. The summed E-state index contributed by atoms with van der Waals surface area (Å²) in [5.41, 5.74) is 1.71. The maximum absolute atomic E-state index is 13.5. The van der Waals surface area contributed by atoms with Crippen LogP contribution in [-0.2, 0) is 5.41 Å². The van der Waals surface area contributed by atoms with Gasteiger partial charge in [0.1, 0.15) is 23.0 Å². The van der Waals surface area contributed by atoms with Crippen molar-refractivity contribution >= 4 is 41.3 Å². The van der Waals surface area contributed by atoms with E-state index in [9.17, 15) is 28.8 Å². The molecule has 0 N–H and O–H groups in total. The molecule has 2 heterocycles. The lowest BCUT2D eigenvalue weighted by Gasteiger charge is -2.35. The van der Waals surface area contributed by atoms with E-state index in [2.05, 4.69) is 20.8 Å². The first-order chi connectivity index (χ1) is 27.7. The summed E-state index contributed by atoms with van der Waals surface area (Å²) in [6, 6.07) is 28.7. The van der Waals surface area contributed by atoms with Crippen LogP contribution in [0.2, 0.25) is 0 Å². The number of carbonyl (C=O) groups excluding carboxylic acids is 6. The van der Waals surface area contributed by atoms with Crippen molar-refractivity contribution in [2.75, 3.05) is 4.90 Å². The zero-order valence-electron chi connectivity index (χ0n) is 33.1. The van der Waals surface area contributed by atoms with Crippen molar-refractivity contribution in [1.29, 1.82) is 0 Å². The average molecular weight is 779 g/mol. The van der Waals surface area contributed by atoms with Crippen LogP contribution >= 0.6 is 0 Å². The first kappa shape index (κ1) is 39.4. The molecule has 0 bridgehead atoms. The van der Waals surface area contributed by atoms with Gasteiger partial charge in [-0.15, -0.1) is 0 Å². The maximum atomic E-state index is 13.5. The van der Waals surface area contributed by atoms with Crippen molar-refractivity contribution in [1.82, 2.24) is 4.90 Å². The van der Waals surface area contributed by atoms with E-state index in [1.807, 2.05) is 45.0 Å².